The molecular formula is C10H19NO5S. The minimum atomic E-state index is -3.61. The number of carbonyl (C=O) groups excluding carboxylic acids is 1. The molecule has 0 fully saturated rings. The molecule has 100 valence electrons. The van der Waals surface area contributed by atoms with Gasteiger partial charge in [0.25, 0.3) is 0 Å². The molecular weight excluding hydrogens is 246 g/mol. The fraction of sp³-hybridized carbons (Fsp3) is 0.800. The van der Waals surface area contributed by atoms with Crippen molar-refractivity contribution in [1.29, 1.82) is 0 Å². The zero-order chi connectivity index (χ0) is 14.1. The number of carboxylic acids is 1. The van der Waals surface area contributed by atoms with Crippen molar-refractivity contribution in [2.45, 2.75) is 44.4 Å². The molecule has 0 bridgehead atoms. The van der Waals surface area contributed by atoms with Crippen LogP contribution in [0.25, 0.3) is 0 Å². The molecule has 1 atom stereocenters. The van der Waals surface area contributed by atoms with E-state index in [9.17, 15) is 18.0 Å². The maximum atomic E-state index is 11.8. The normalized spacial score (nSPS) is 16.1. The minimum Gasteiger partial charge on any atom is -0.480 e. The molecule has 0 aromatic rings. The molecule has 0 heterocycles. The zero-order valence-electron chi connectivity index (χ0n) is 10.7. The van der Waals surface area contributed by atoms with E-state index in [0.717, 1.165) is 6.26 Å². The summed E-state index contributed by atoms with van der Waals surface area (Å²) in [6.45, 7) is 5.43. The van der Waals surface area contributed by atoms with E-state index in [0.29, 0.717) is 0 Å². The number of hydrogen-bond donors (Lipinski definition) is 2. The van der Waals surface area contributed by atoms with E-state index in [4.69, 9.17) is 5.11 Å². The van der Waals surface area contributed by atoms with Crippen LogP contribution in [0.4, 0.5) is 0 Å². The molecule has 6 nitrogen and oxygen atoms in total. The van der Waals surface area contributed by atoms with Crippen LogP contribution in [-0.4, -0.2) is 41.9 Å². The molecule has 0 aromatic carbocycles. The third-order valence-corrected chi connectivity index (χ3v) is 5.08. The Hall–Kier alpha value is -1.11. The summed E-state index contributed by atoms with van der Waals surface area (Å²) in [6, 6.07) is 0. The number of carbonyl (C=O) groups is 2. The van der Waals surface area contributed by atoms with Crippen molar-refractivity contribution in [1.82, 2.24) is 5.32 Å². The van der Waals surface area contributed by atoms with Crippen LogP contribution in [-0.2, 0) is 19.4 Å². The molecule has 0 spiro atoms. The first-order valence-corrected chi connectivity index (χ1v) is 7.03. The average Bonchev–Trinajstić information content (AvgIpc) is 2.15. The van der Waals surface area contributed by atoms with Gasteiger partial charge in [-0.1, -0.05) is 6.92 Å². The second kappa shape index (κ2) is 4.64. The van der Waals surface area contributed by atoms with Crippen LogP contribution < -0.4 is 5.32 Å². The highest BCUT2D eigenvalue weighted by Gasteiger charge is 2.43. The van der Waals surface area contributed by atoms with Gasteiger partial charge >= 0.3 is 5.97 Å². The van der Waals surface area contributed by atoms with E-state index in [1.54, 1.807) is 6.92 Å². The fourth-order valence-electron chi connectivity index (χ4n) is 0.863. The van der Waals surface area contributed by atoms with Crippen molar-refractivity contribution >= 4 is 21.7 Å². The van der Waals surface area contributed by atoms with E-state index >= 15 is 0 Å². The van der Waals surface area contributed by atoms with Crippen LogP contribution in [0.5, 0.6) is 0 Å². The maximum Gasteiger partial charge on any atom is 0.329 e. The summed E-state index contributed by atoms with van der Waals surface area (Å²) in [5.41, 5.74) is -1.46. The predicted octanol–water partition coefficient (Wildman–Crippen LogP) is 0.179. The van der Waals surface area contributed by atoms with Gasteiger partial charge in [0.1, 0.15) is 10.3 Å². The second-order valence-corrected chi connectivity index (χ2v) is 7.29. The predicted molar refractivity (Wildman–Crippen MR) is 63.4 cm³/mol. The molecule has 17 heavy (non-hydrogen) atoms. The molecule has 0 saturated heterocycles. The van der Waals surface area contributed by atoms with Crippen molar-refractivity contribution < 1.29 is 23.1 Å². The van der Waals surface area contributed by atoms with Crippen molar-refractivity contribution in [2.24, 2.45) is 0 Å². The Morgan fingerprint density at radius 3 is 1.88 bits per heavy atom. The number of rotatable bonds is 5. The number of carboxylic acid groups (broad SMARTS) is 1. The summed E-state index contributed by atoms with van der Waals surface area (Å²) in [7, 11) is -3.61. The lowest BCUT2D eigenvalue weighted by Crippen LogP contribution is -2.58. The number of sulfone groups is 1. The van der Waals surface area contributed by atoms with Crippen LogP contribution in [0.3, 0.4) is 0 Å². The number of nitrogens with one attached hydrogen (secondary N) is 1. The van der Waals surface area contributed by atoms with Gasteiger partial charge in [0.05, 0.1) is 0 Å². The third kappa shape index (κ3) is 3.18. The molecule has 0 saturated carbocycles. The van der Waals surface area contributed by atoms with Crippen LogP contribution >= 0.6 is 0 Å². The highest BCUT2D eigenvalue weighted by atomic mass is 32.2. The SMILES string of the molecule is CCC(C)(NC(=O)C(C)(C)S(C)(=O)=O)C(=O)O. The average molecular weight is 265 g/mol. The number of aliphatic carboxylic acids is 1. The summed E-state index contributed by atoms with van der Waals surface area (Å²) in [4.78, 5) is 22.8. The van der Waals surface area contributed by atoms with E-state index < -0.39 is 32.0 Å². The molecule has 0 aliphatic carbocycles. The van der Waals surface area contributed by atoms with Gasteiger partial charge < -0.3 is 10.4 Å². The molecule has 7 heteroatoms. The van der Waals surface area contributed by atoms with Gasteiger partial charge in [-0.15, -0.1) is 0 Å². The van der Waals surface area contributed by atoms with Gasteiger partial charge in [0.15, 0.2) is 9.84 Å². The van der Waals surface area contributed by atoms with Crippen LogP contribution in [0.15, 0.2) is 0 Å². The summed E-state index contributed by atoms with van der Waals surface area (Å²) in [6.07, 6.45) is 1.10. The van der Waals surface area contributed by atoms with Gasteiger partial charge in [-0.3, -0.25) is 4.79 Å². The first-order chi connectivity index (χ1) is 7.38. The van der Waals surface area contributed by atoms with Crippen LogP contribution in [0.2, 0.25) is 0 Å². The second-order valence-electron chi connectivity index (χ2n) is 4.73. The zero-order valence-corrected chi connectivity index (χ0v) is 11.5. The van der Waals surface area contributed by atoms with Crippen LogP contribution in [0.1, 0.15) is 34.1 Å². The highest BCUT2D eigenvalue weighted by Crippen LogP contribution is 2.18. The molecule has 0 radical (unpaired) electrons. The lowest BCUT2D eigenvalue weighted by atomic mass is 9.98. The summed E-state index contributed by atoms with van der Waals surface area (Å²) >= 11 is 0. The quantitative estimate of drug-likeness (QED) is 0.738. The van der Waals surface area contributed by atoms with E-state index in [1.165, 1.54) is 20.8 Å². The van der Waals surface area contributed by atoms with Gasteiger partial charge in [0.2, 0.25) is 5.91 Å². The molecule has 2 N–H and O–H groups in total. The van der Waals surface area contributed by atoms with Crippen molar-refractivity contribution in [3.8, 4) is 0 Å². The monoisotopic (exact) mass is 265 g/mol. The molecule has 0 rings (SSSR count). The Bertz CT molecular complexity index is 426. The summed E-state index contributed by atoms with van der Waals surface area (Å²) < 4.78 is 21.2. The third-order valence-electron chi connectivity index (χ3n) is 3.04. The molecule has 1 unspecified atom stereocenters. The van der Waals surface area contributed by atoms with Gasteiger partial charge in [-0.2, -0.15) is 0 Å². The summed E-state index contributed by atoms with van der Waals surface area (Å²) in [5, 5.41) is 11.3. The van der Waals surface area contributed by atoms with Crippen molar-refractivity contribution in [2.75, 3.05) is 6.26 Å². The topological polar surface area (TPSA) is 101 Å². The smallest absolute Gasteiger partial charge is 0.329 e. The van der Waals surface area contributed by atoms with Gasteiger partial charge in [-0.05, 0) is 27.2 Å². The van der Waals surface area contributed by atoms with Crippen molar-refractivity contribution in [3.05, 3.63) is 0 Å². The maximum absolute atomic E-state index is 11.8. The molecule has 0 aliphatic rings. The molecule has 0 aliphatic heterocycles. The van der Waals surface area contributed by atoms with Crippen molar-refractivity contribution in [3.63, 3.8) is 0 Å². The lowest BCUT2D eigenvalue weighted by molar-refractivity contribution is -0.147. The first kappa shape index (κ1) is 15.9. The highest BCUT2D eigenvalue weighted by molar-refractivity contribution is 7.92. The Kier molecular flexibility index (Phi) is 4.33. The number of hydrogen-bond acceptors (Lipinski definition) is 4. The number of amides is 1. The Morgan fingerprint density at radius 1 is 1.24 bits per heavy atom. The standard InChI is InChI=1S/C10H19NO5S/c1-6-10(4,8(13)14)11-7(12)9(2,3)17(5,15)16/h6H2,1-5H3,(H,11,12)(H,13,14). The van der Waals surface area contributed by atoms with Gasteiger partial charge in [0, 0.05) is 6.26 Å². The minimum absolute atomic E-state index is 0.161. The Labute approximate surface area is 101 Å². The largest absolute Gasteiger partial charge is 0.480 e. The Balaban J connectivity index is 5.20. The Morgan fingerprint density at radius 2 is 1.65 bits per heavy atom. The summed E-state index contributed by atoms with van der Waals surface area (Å²) in [5.74, 6) is -2.01. The van der Waals surface area contributed by atoms with Crippen LogP contribution in [0, 0.1) is 0 Å². The lowest BCUT2D eigenvalue weighted by Gasteiger charge is -2.29. The van der Waals surface area contributed by atoms with Gasteiger partial charge in [-0.25, -0.2) is 13.2 Å². The fourth-order valence-corrected chi connectivity index (χ4v) is 1.25. The first-order valence-electron chi connectivity index (χ1n) is 5.14. The van der Waals surface area contributed by atoms with E-state index in [2.05, 4.69) is 5.32 Å². The van der Waals surface area contributed by atoms with E-state index in [1.807, 2.05) is 0 Å². The van der Waals surface area contributed by atoms with E-state index in [-0.39, 0.29) is 6.42 Å². The molecule has 0 aromatic heterocycles. The molecule has 1 amide bonds.